The Morgan fingerprint density at radius 2 is 1.86 bits per heavy atom. The predicted octanol–water partition coefficient (Wildman–Crippen LogP) is 5.94. The third-order valence-electron chi connectivity index (χ3n) is 9.39. The van der Waals surface area contributed by atoms with Crippen LogP contribution >= 0.6 is 0 Å². The van der Waals surface area contributed by atoms with Crippen molar-refractivity contribution in [1.82, 2.24) is 0 Å². The summed E-state index contributed by atoms with van der Waals surface area (Å²) >= 11 is 0. The first-order valence-electron chi connectivity index (χ1n) is 11.7. The fraction of sp³-hybridized carbons (Fsp3) is 0.840. The van der Waals surface area contributed by atoms with Crippen molar-refractivity contribution in [3.8, 4) is 0 Å². The van der Waals surface area contributed by atoms with Crippen LogP contribution < -0.4 is 0 Å². The molecule has 0 aromatic rings. The van der Waals surface area contributed by atoms with E-state index in [2.05, 4.69) is 26.8 Å². The number of fused-ring (bicyclic) bond motifs is 5. The van der Waals surface area contributed by atoms with Crippen LogP contribution in [0.5, 0.6) is 0 Å². The van der Waals surface area contributed by atoms with Gasteiger partial charge in [0.1, 0.15) is 5.83 Å². The summed E-state index contributed by atoms with van der Waals surface area (Å²) < 4.78 is 14.6. The van der Waals surface area contributed by atoms with Gasteiger partial charge in [-0.1, -0.05) is 45.3 Å². The second kappa shape index (κ2) is 7.54. The Morgan fingerprint density at radius 3 is 2.57 bits per heavy atom. The maximum atomic E-state index is 14.6. The predicted molar refractivity (Wildman–Crippen MR) is 111 cm³/mol. The largest absolute Gasteiger partial charge is 0.393 e. The van der Waals surface area contributed by atoms with E-state index in [0.29, 0.717) is 23.7 Å². The van der Waals surface area contributed by atoms with Gasteiger partial charge in [-0.2, -0.15) is 0 Å². The van der Waals surface area contributed by atoms with Gasteiger partial charge in [-0.25, -0.2) is 4.39 Å². The lowest BCUT2D eigenvalue weighted by molar-refractivity contribution is -0.0509. The van der Waals surface area contributed by atoms with Crippen molar-refractivity contribution in [3.63, 3.8) is 0 Å². The SMILES string of the molecule is CCCC[C@@H]1C=C2C[C@@H](O)CC[C@]2(C)[C@H]2CC[C@]3(C)C(=C(F)CO)CC[C@H]3[C@H]12. The number of halogens is 1. The molecule has 3 heteroatoms. The van der Waals surface area contributed by atoms with Crippen molar-refractivity contribution in [2.24, 2.45) is 34.5 Å². The molecule has 0 amide bonds. The first-order valence-corrected chi connectivity index (χ1v) is 11.7. The van der Waals surface area contributed by atoms with E-state index in [1.54, 1.807) is 0 Å². The molecule has 3 fully saturated rings. The maximum Gasteiger partial charge on any atom is 0.125 e. The van der Waals surface area contributed by atoms with Crippen LogP contribution in [0.2, 0.25) is 0 Å². The van der Waals surface area contributed by atoms with Gasteiger partial charge in [-0.3, -0.25) is 0 Å². The second-order valence-corrected chi connectivity index (χ2v) is 10.6. The van der Waals surface area contributed by atoms with Crippen LogP contribution in [0, 0.1) is 34.5 Å². The highest BCUT2D eigenvalue weighted by atomic mass is 19.1. The van der Waals surface area contributed by atoms with Gasteiger partial charge in [0.15, 0.2) is 0 Å². The molecular weight excluding hydrogens is 351 g/mol. The van der Waals surface area contributed by atoms with Crippen LogP contribution in [-0.2, 0) is 0 Å². The minimum absolute atomic E-state index is 0.0751. The Morgan fingerprint density at radius 1 is 1.14 bits per heavy atom. The summed E-state index contributed by atoms with van der Waals surface area (Å²) in [6, 6.07) is 0. The average Bonchev–Trinajstić information content (AvgIpc) is 3.03. The fourth-order valence-electron chi connectivity index (χ4n) is 7.87. The summed E-state index contributed by atoms with van der Waals surface area (Å²) in [5, 5.41) is 19.8. The monoisotopic (exact) mass is 390 g/mol. The van der Waals surface area contributed by atoms with E-state index in [1.165, 1.54) is 24.8 Å². The van der Waals surface area contributed by atoms with E-state index >= 15 is 0 Å². The summed E-state index contributed by atoms with van der Waals surface area (Å²) in [6.07, 6.45) is 13.1. The first-order chi connectivity index (χ1) is 13.3. The van der Waals surface area contributed by atoms with Gasteiger partial charge in [0.2, 0.25) is 0 Å². The van der Waals surface area contributed by atoms with Crippen LogP contribution in [0.4, 0.5) is 4.39 Å². The molecule has 4 rings (SSSR count). The maximum absolute atomic E-state index is 14.6. The third kappa shape index (κ3) is 3.03. The molecule has 0 bridgehead atoms. The van der Waals surface area contributed by atoms with Gasteiger partial charge in [0.25, 0.3) is 0 Å². The summed E-state index contributed by atoms with van der Waals surface area (Å²) in [4.78, 5) is 0. The van der Waals surface area contributed by atoms with Gasteiger partial charge in [0.05, 0.1) is 12.7 Å². The molecule has 158 valence electrons. The van der Waals surface area contributed by atoms with Crippen LogP contribution in [0.25, 0.3) is 0 Å². The van der Waals surface area contributed by atoms with Gasteiger partial charge in [0, 0.05) is 0 Å². The normalized spacial score (nSPS) is 47.1. The highest BCUT2D eigenvalue weighted by Crippen LogP contribution is 2.68. The lowest BCUT2D eigenvalue weighted by Gasteiger charge is -2.59. The van der Waals surface area contributed by atoms with Crippen LogP contribution in [0.15, 0.2) is 23.0 Å². The zero-order chi connectivity index (χ0) is 20.1. The Hall–Kier alpha value is -0.670. The minimum Gasteiger partial charge on any atom is -0.393 e. The van der Waals surface area contributed by atoms with E-state index < -0.39 is 6.61 Å². The fourth-order valence-corrected chi connectivity index (χ4v) is 7.87. The Labute approximate surface area is 170 Å². The molecule has 0 radical (unpaired) electrons. The summed E-state index contributed by atoms with van der Waals surface area (Å²) in [6.45, 7) is 6.57. The lowest BCUT2D eigenvalue weighted by Crippen LogP contribution is -2.52. The molecule has 0 aliphatic heterocycles. The Bertz CT molecular complexity index is 667. The highest BCUT2D eigenvalue weighted by Gasteiger charge is 2.59. The number of allylic oxidation sites excluding steroid dienone is 2. The van der Waals surface area contributed by atoms with Crippen molar-refractivity contribution in [3.05, 3.63) is 23.0 Å². The molecule has 0 aromatic carbocycles. The van der Waals surface area contributed by atoms with Gasteiger partial charge in [-0.15, -0.1) is 0 Å². The van der Waals surface area contributed by atoms with E-state index in [9.17, 15) is 14.6 Å². The molecule has 0 aromatic heterocycles. The van der Waals surface area contributed by atoms with Crippen molar-refractivity contribution < 1.29 is 14.6 Å². The number of unbranched alkanes of at least 4 members (excludes halogenated alkanes) is 1. The highest BCUT2D eigenvalue weighted by molar-refractivity contribution is 5.31. The van der Waals surface area contributed by atoms with E-state index in [0.717, 1.165) is 50.5 Å². The molecule has 0 saturated heterocycles. The summed E-state index contributed by atoms with van der Waals surface area (Å²) in [5.74, 6) is 2.13. The summed E-state index contributed by atoms with van der Waals surface area (Å²) in [5.41, 5.74) is 2.59. The smallest absolute Gasteiger partial charge is 0.125 e. The number of rotatable bonds is 4. The average molecular weight is 391 g/mol. The number of hydrogen-bond donors (Lipinski definition) is 2. The number of aliphatic hydroxyl groups is 2. The standard InChI is InChI=1S/C25H39FO2/c1-4-5-6-16-13-17-14-18(28)9-11-24(17,2)21-10-12-25(3)19(22(26)15-27)7-8-20(25)23(16)21/h13,16,18,20-21,23,27-28H,4-12,14-15H2,1-3H3/t16-,18+,20+,21+,23+,24+,25-/m1/s1. The minimum atomic E-state index is -0.440. The zero-order valence-corrected chi connectivity index (χ0v) is 18.0. The molecular formula is C25H39FO2. The molecule has 0 spiro atoms. The van der Waals surface area contributed by atoms with E-state index in [4.69, 9.17) is 0 Å². The van der Waals surface area contributed by atoms with Crippen LogP contribution in [0.1, 0.15) is 85.0 Å². The van der Waals surface area contributed by atoms with Crippen molar-refractivity contribution in [2.75, 3.05) is 6.61 Å². The Kier molecular flexibility index (Phi) is 5.55. The van der Waals surface area contributed by atoms with Gasteiger partial charge in [-0.05, 0) is 91.4 Å². The lowest BCUT2D eigenvalue weighted by atomic mass is 9.45. The van der Waals surface area contributed by atoms with Crippen molar-refractivity contribution in [2.45, 2.75) is 91.1 Å². The van der Waals surface area contributed by atoms with Gasteiger partial charge >= 0.3 is 0 Å². The van der Waals surface area contributed by atoms with Crippen LogP contribution in [0.3, 0.4) is 0 Å². The quantitative estimate of drug-likeness (QED) is 0.583. The van der Waals surface area contributed by atoms with E-state index in [1.807, 2.05) is 0 Å². The molecule has 4 aliphatic rings. The zero-order valence-electron chi connectivity index (χ0n) is 18.0. The second-order valence-electron chi connectivity index (χ2n) is 10.6. The Balaban J connectivity index is 1.74. The van der Waals surface area contributed by atoms with Crippen molar-refractivity contribution >= 4 is 0 Å². The molecule has 3 saturated carbocycles. The van der Waals surface area contributed by atoms with Crippen LogP contribution in [-0.4, -0.2) is 22.9 Å². The molecule has 2 N–H and O–H groups in total. The third-order valence-corrected chi connectivity index (χ3v) is 9.39. The number of aliphatic hydroxyl groups excluding tert-OH is 2. The number of hydrogen-bond acceptors (Lipinski definition) is 2. The first kappa shape index (κ1) is 20.6. The van der Waals surface area contributed by atoms with Crippen molar-refractivity contribution in [1.29, 1.82) is 0 Å². The van der Waals surface area contributed by atoms with Gasteiger partial charge < -0.3 is 10.2 Å². The summed E-state index contributed by atoms with van der Waals surface area (Å²) in [7, 11) is 0. The molecule has 28 heavy (non-hydrogen) atoms. The molecule has 0 unspecified atom stereocenters. The molecule has 0 heterocycles. The molecule has 7 atom stereocenters. The molecule has 4 aliphatic carbocycles. The molecule has 2 nitrogen and oxygen atoms in total. The topological polar surface area (TPSA) is 40.5 Å². The van der Waals surface area contributed by atoms with E-state index in [-0.39, 0.29) is 22.8 Å².